The third kappa shape index (κ3) is 4.01. The van der Waals surface area contributed by atoms with Gasteiger partial charge in [-0.05, 0) is 88.6 Å². The number of benzene rings is 1. The molecule has 1 amide bonds. The Morgan fingerprint density at radius 1 is 1.10 bits per heavy atom. The molecule has 11 nitrogen and oxygen atoms in total. The minimum atomic E-state index is -2.74. The molecule has 41 heavy (non-hydrogen) atoms. The van der Waals surface area contributed by atoms with E-state index in [0.29, 0.717) is 23.4 Å². The highest BCUT2D eigenvalue weighted by atomic mass is 16.3. The number of ketones is 4. The van der Waals surface area contributed by atoms with Gasteiger partial charge in [-0.3, -0.25) is 33.8 Å². The standard InChI is InChI=1S/C30H33N3O8/c1-32(2)24-18-12-14-11-17-16(20-8-5-15(41-20)13-33-9-3-4-10-33)6-7-19(34)22(17)25(35)21(14)27(37)30(18,40)28(38)23(26(24)36)29(31)39/h5-8,14,18,21,23-24,34,40H,3-4,9-13H2,1-2H3,(H2,31,39). The van der Waals surface area contributed by atoms with E-state index in [-0.39, 0.29) is 24.2 Å². The van der Waals surface area contributed by atoms with Gasteiger partial charge in [-0.2, -0.15) is 0 Å². The summed E-state index contributed by atoms with van der Waals surface area (Å²) >= 11 is 0. The van der Waals surface area contributed by atoms with Crippen molar-refractivity contribution in [2.24, 2.45) is 29.4 Å². The summed E-state index contributed by atoms with van der Waals surface area (Å²) in [5, 5.41) is 22.5. The van der Waals surface area contributed by atoms with E-state index in [1.54, 1.807) is 20.2 Å². The quantitative estimate of drug-likeness (QED) is 0.440. The summed E-state index contributed by atoms with van der Waals surface area (Å²) < 4.78 is 6.16. The zero-order valence-corrected chi connectivity index (χ0v) is 23.0. The number of amides is 1. The molecule has 4 N–H and O–H groups in total. The summed E-state index contributed by atoms with van der Waals surface area (Å²) in [6.07, 6.45) is 2.47. The molecule has 2 aromatic rings. The van der Waals surface area contributed by atoms with Gasteiger partial charge in [0, 0.05) is 11.5 Å². The van der Waals surface area contributed by atoms with Crippen molar-refractivity contribution < 1.29 is 38.6 Å². The second kappa shape index (κ2) is 9.71. The van der Waals surface area contributed by atoms with Crippen molar-refractivity contribution in [1.82, 2.24) is 9.80 Å². The Morgan fingerprint density at radius 3 is 2.46 bits per heavy atom. The van der Waals surface area contributed by atoms with Crippen LogP contribution in [-0.2, 0) is 32.1 Å². The number of aliphatic hydroxyl groups is 1. The number of carbonyl (C=O) groups is 5. The normalized spacial score (nSPS) is 31.8. The van der Waals surface area contributed by atoms with Crippen LogP contribution in [0.1, 0.15) is 40.9 Å². The van der Waals surface area contributed by atoms with Crippen LogP contribution in [0.4, 0.5) is 0 Å². The maximum absolute atomic E-state index is 13.9. The van der Waals surface area contributed by atoms with Crippen LogP contribution < -0.4 is 5.73 Å². The molecule has 0 bridgehead atoms. The van der Waals surface area contributed by atoms with Gasteiger partial charge in [0.2, 0.25) is 5.91 Å². The van der Waals surface area contributed by atoms with Crippen molar-refractivity contribution in [3.8, 4) is 17.1 Å². The van der Waals surface area contributed by atoms with Gasteiger partial charge in [0.1, 0.15) is 17.3 Å². The average molecular weight is 564 g/mol. The third-order valence-corrected chi connectivity index (χ3v) is 9.45. The van der Waals surface area contributed by atoms with Gasteiger partial charge in [0.05, 0.1) is 24.1 Å². The summed E-state index contributed by atoms with van der Waals surface area (Å²) in [6, 6.07) is 5.62. The highest BCUT2D eigenvalue weighted by Gasteiger charge is 2.69. The van der Waals surface area contributed by atoms with Crippen molar-refractivity contribution in [2.75, 3.05) is 27.2 Å². The molecule has 4 aliphatic rings. The first-order chi connectivity index (χ1) is 19.4. The Hall–Kier alpha value is -3.67. The molecular weight excluding hydrogens is 530 g/mol. The van der Waals surface area contributed by atoms with Gasteiger partial charge in [-0.1, -0.05) is 0 Å². The second-order valence-corrected chi connectivity index (χ2v) is 12.0. The average Bonchev–Trinajstić information content (AvgIpc) is 3.59. The van der Waals surface area contributed by atoms with E-state index in [1.807, 2.05) is 12.1 Å². The molecule has 3 aliphatic carbocycles. The number of primary amides is 1. The molecule has 2 saturated carbocycles. The highest BCUT2D eigenvalue weighted by Crippen LogP contribution is 2.51. The minimum Gasteiger partial charge on any atom is -0.507 e. The number of phenols is 1. The molecule has 3 fully saturated rings. The van der Waals surface area contributed by atoms with E-state index in [1.165, 1.54) is 11.0 Å². The molecule has 6 atom stereocenters. The molecular formula is C30H33N3O8. The first kappa shape index (κ1) is 27.5. The molecule has 0 spiro atoms. The molecule has 6 rings (SSSR count). The van der Waals surface area contributed by atoms with E-state index in [0.717, 1.165) is 31.7 Å². The Labute approximate surface area is 236 Å². The molecule has 216 valence electrons. The van der Waals surface area contributed by atoms with Crippen molar-refractivity contribution in [3.63, 3.8) is 0 Å². The van der Waals surface area contributed by atoms with Crippen LogP contribution in [0.5, 0.6) is 5.75 Å². The number of rotatable bonds is 5. The summed E-state index contributed by atoms with van der Waals surface area (Å²) in [6.45, 7) is 2.67. The summed E-state index contributed by atoms with van der Waals surface area (Å²) in [5.41, 5.74) is 3.70. The monoisotopic (exact) mass is 563 g/mol. The minimum absolute atomic E-state index is 0.00262. The third-order valence-electron chi connectivity index (χ3n) is 9.45. The van der Waals surface area contributed by atoms with E-state index < -0.39 is 64.4 Å². The number of furan rings is 1. The Bertz CT molecular complexity index is 1490. The van der Waals surface area contributed by atoms with Crippen LogP contribution in [0, 0.1) is 23.7 Å². The summed E-state index contributed by atoms with van der Waals surface area (Å²) in [4.78, 5) is 70.4. The van der Waals surface area contributed by atoms with Crippen LogP contribution in [0.15, 0.2) is 28.7 Å². The summed E-state index contributed by atoms with van der Waals surface area (Å²) in [7, 11) is 3.11. The molecule has 11 heteroatoms. The first-order valence-electron chi connectivity index (χ1n) is 14.0. The van der Waals surface area contributed by atoms with Crippen LogP contribution in [-0.4, -0.2) is 87.9 Å². The predicted molar refractivity (Wildman–Crippen MR) is 144 cm³/mol. The van der Waals surface area contributed by atoms with Crippen molar-refractivity contribution in [2.45, 2.75) is 43.9 Å². The number of fused-ring (bicyclic) bond motifs is 3. The van der Waals surface area contributed by atoms with Gasteiger partial charge in [0.25, 0.3) is 0 Å². The zero-order valence-electron chi connectivity index (χ0n) is 23.0. The molecule has 1 aromatic carbocycles. The van der Waals surface area contributed by atoms with Crippen LogP contribution >= 0.6 is 0 Å². The Kier molecular flexibility index (Phi) is 6.51. The van der Waals surface area contributed by atoms with Gasteiger partial charge in [-0.15, -0.1) is 0 Å². The molecule has 0 radical (unpaired) electrons. The highest BCUT2D eigenvalue weighted by molar-refractivity contribution is 6.32. The number of nitrogens with zero attached hydrogens (tertiary/aromatic N) is 2. The fourth-order valence-corrected chi connectivity index (χ4v) is 7.60. The van der Waals surface area contributed by atoms with E-state index in [2.05, 4.69) is 4.90 Å². The number of nitrogens with two attached hydrogens (primary N) is 1. The summed E-state index contributed by atoms with van der Waals surface area (Å²) in [5.74, 6) is -9.33. The lowest BCUT2D eigenvalue weighted by molar-refractivity contribution is -0.181. The van der Waals surface area contributed by atoms with Gasteiger partial charge in [0.15, 0.2) is 34.7 Å². The lowest BCUT2D eigenvalue weighted by Crippen LogP contribution is -2.74. The number of likely N-dealkylation sites (N-methyl/N-ethyl adjacent to an activating group) is 1. The van der Waals surface area contributed by atoms with Crippen LogP contribution in [0.3, 0.4) is 0 Å². The number of hydrogen-bond donors (Lipinski definition) is 3. The maximum atomic E-state index is 13.9. The molecule has 6 unspecified atom stereocenters. The zero-order chi connectivity index (χ0) is 29.4. The number of carbonyl (C=O) groups excluding carboxylic acids is 5. The van der Waals surface area contributed by atoms with E-state index >= 15 is 0 Å². The van der Waals surface area contributed by atoms with Crippen molar-refractivity contribution >= 4 is 29.0 Å². The van der Waals surface area contributed by atoms with Gasteiger partial charge >= 0.3 is 0 Å². The van der Waals surface area contributed by atoms with E-state index in [4.69, 9.17) is 10.2 Å². The molecule has 1 aliphatic heterocycles. The molecule has 1 aromatic heterocycles. The number of aromatic hydroxyl groups is 1. The number of phenolic OH excluding ortho intramolecular Hbond substituents is 1. The molecule has 1 saturated heterocycles. The van der Waals surface area contributed by atoms with Crippen molar-refractivity contribution in [3.05, 3.63) is 41.2 Å². The van der Waals surface area contributed by atoms with Gasteiger partial charge < -0.3 is 20.4 Å². The fourth-order valence-electron chi connectivity index (χ4n) is 7.60. The number of Topliss-reactive ketones (excluding diaryl/α,β-unsaturated/α-hetero) is 4. The van der Waals surface area contributed by atoms with E-state index in [9.17, 15) is 34.2 Å². The van der Waals surface area contributed by atoms with Crippen LogP contribution in [0.25, 0.3) is 11.3 Å². The predicted octanol–water partition coefficient (Wildman–Crippen LogP) is 0.723. The smallest absolute Gasteiger partial charge is 0.235 e. The Balaban J connectivity index is 1.41. The molecule has 2 heterocycles. The fraction of sp³-hybridized carbons (Fsp3) is 0.500. The SMILES string of the molecule is CN(C)C1C(=O)C(C(N)=O)C(=O)C2(O)C(=O)C3C(=O)c4c(O)ccc(-c5ccc(CN6CCCC6)o5)c4CC3CC12. The number of hydrogen-bond acceptors (Lipinski definition) is 10. The first-order valence-corrected chi connectivity index (χ1v) is 14.0. The van der Waals surface area contributed by atoms with Gasteiger partial charge in [-0.25, -0.2) is 0 Å². The number of likely N-dealkylation sites (tertiary alicyclic amines) is 1. The topological polar surface area (TPSA) is 171 Å². The maximum Gasteiger partial charge on any atom is 0.235 e. The van der Waals surface area contributed by atoms with Crippen LogP contribution in [0.2, 0.25) is 0 Å². The second-order valence-electron chi connectivity index (χ2n) is 12.0. The lowest BCUT2D eigenvalue weighted by atomic mass is 9.52. The van der Waals surface area contributed by atoms with Crippen molar-refractivity contribution in [1.29, 1.82) is 0 Å². The lowest BCUT2D eigenvalue weighted by Gasteiger charge is -2.52. The largest absolute Gasteiger partial charge is 0.507 e. The Morgan fingerprint density at radius 2 is 1.80 bits per heavy atom.